The molecule has 2 aliphatic rings. The summed E-state index contributed by atoms with van der Waals surface area (Å²) in [6.45, 7) is 0.803. The molecule has 2 aromatic rings. The number of carbonyl (C=O) groups is 1. The van der Waals surface area contributed by atoms with Crippen molar-refractivity contribution in [3.8, 4) is 0 Å². The van der Waals surface area contributed by atoms with Crippen molar-refractivity contribution < 1.29 is 4.79 Å². The molecule has 1 aliphatic carbocycles. The summed E-state index contributed by atoms with van der Waals surface area (Å²) in [5.74, 6) is 0.637. The van der Waals surface area contributed by atoms with Crippen molar-refractivity contribution in [1.29, 1.82) is 0 Å². The molecular weight excluding hydrogens is 296 g/mol. The fourth-order valence-electron chi connectivity index (χ4n) is 3.11. The Morgan fingerprint density at radius 3 is 2.64 bits per heavy atom. The van der Waals surface area contributed by atoms with E-state index < -0.39 is 0 Å². The summed E-state index contributed by atoms with van der Waals surface area (Å²) in [7, 11) is 0. The summed E-state index contributed by atoms with van der Waals surface area (Å²) in [6.07, 6.45) is 2.43. The van der Waals surface area contributed by atoms with Crippen LogP contribution < -0.4 is 5.32 Å². The molecule has 1 unspecified atom stereocenters. The van der Waals surface area contributed by atoms with Gasteiger partial charge >= 0.3 is 6.03 Å². The average molecular weight is 313 g/mol. The SMILES string of the molecule is O=C1Nc2ccc(Cl)cc2C(c2ccccc2)N1CC1CC1. The van der Waals surface area contributed by atoms with E-state index in [0.717, 1.165) is 23.4 Å². The van der Waals surface area contributed by atoms with Gasteiger partial charge in [-0.3, -0.25) is 0 Å². The predicted molar refractivity (Wildman–Crippen MR) is 88.2 cm³/mol. The van der Waals surface area contributed by atoms with Gasteiger partial charge in [0.1, 0.15) is 0 Å². The minimum Gasteiger partial charge on any atom is -0.313 e. The first-order valence-corrected chi connectivity index (χ1v) is 8.02. The average Bonchev–Trinajstić information content (AvgIpc) is 3.33. The van der Waals surface area contributed by atoms with E-state index in [1.165, 1.54) is 12.8 Å². The monoisotopic (exact) mass is 312 g/mol. The molecule has 0 spiro atoms. The number of nitrogens with zero attached hydrogens (tertiary/aromatic N) is 1. The molecule has 0 bridgehead atoms. The standard InChI is InChI=1S/C18H17ClN2O/c19-14-8-9-16-15(10-14)17(13-4-2-1-3-5-13)21(18(22)20-16)11-12-6-7-12/h1-5,8-10,12,17H,6-7,11H2,(H,20,22). The van der Waals surface area contributed by atoms with E-state index >= 15 is 0 Å². The normalized spacial score (nSPS) is 20.5. The molecule has 2 amide bonds. The molecule has 2 aromatic carbocycles. The molecule has 112 valence electrons. The van der Waals surface area contributed by atoms with Crippen LogP contribution in [-0.2, 0) is 0 Å². The second-order valence-electron chi connectivity index (χ2n) is 6.07. The maximum Gasteiger partial charge on any atom is 0.322 e. The lowest BCUT2D eigenvalue weighted by Crippen LogP contribution is -2.43. The third kappa shape index (κ3) is 2.46. The van der Waals surface area contributed by atoms with E-state index in [-0.39, 0.29) is 12.1 Å². The lowest BCUT2D eigenvalue weighted by atomic mass is 9.93. The van der Waals surface area contributed by atoms with E-state index in [2.05, 4.69) is 17.4 Å². The number of amides is 2. The van der Waals surface area contributed by atoms with Gasteiger partial charge in [0, 0.05) is 22.8 Å². The van der Waals surface area contributed by atoms with Crippen LogP contribution in [0.25, 0.3) is 0 Å². The molecule has 4 rings (SSSR count). The van der Waals surface area contributed by atoms with Crippen LogP contribution in [0.3, 0.4) is 0 Å². The highest BCUT2D eigenvalue weighted by atomic mass is 35.5. The summed E-state index contributed by atoms with van der Waals surface area (Å²) in [4.78, 5) is 14.5. The predicted octanol–water partition coefficient (Wildman–Crippen LogP) is 4.69. The zero-order chi connectivity index (χ0) is 15.1. The van der Waals surface area contributed by atoms with Crippen molar-refractivity contribution in [1.82, 2.24) is 4.90 Å². The Kier molecular flexibility index (Phi) is 3.30. The number of benzene rings is 2. The number of hydrogen-bond acceptors (Lipinski definition) is 1. The van der Waals surface area contributed by atoms with E-state index in [0.29, 0.717) is 10.9 Å². The van der Waals surface area contributed by atoms with Gasteiger partial charge in [0.05, 0.1) is 6.04 Å². The van der Waals surface area contributed by atoms with E-state index in [4.69, 9.17) is 11.6 Å². The lowest BCUT2D eigenvalue weighted by Gasteiger charge is -2.38. The van der Waals surface area contributed by atoms with Crippen molar-refractivity contribution >= 4 is 23.3 Å². The molecule has 3 nitrogen and oxygen atoms in total. The van der Waals surface area contributed by atoms with Crippen molar-refractivity contribution in [2.24, 2.45) is 5.92 Å². The highest BCUT2D eigenvalue weighted by molar-refractivity contribution is 6.30. The number of fused-ring (bicyclic) bond motifs is 1. The molecule has 0 aromatic heterocycles. The molecule has 1 aliphatic heterocycles. The summed E-state index contributed by atoms with van der Waals surface area (Å²) >= 11 is 6.20. The zero-order valence-corrected chi connectivity index (χ0v) is 12.9. The first-order valence-electron chi connectivity index (χ1n) is 7.64. The van der Waals surface area contributed by atoms with Gasteiger partial charge < -0.3 is 10.2 Å². The maximum absolute atomic E-state index is 12.6. The Hall–Kier alpha value is -2.00. The number of anilines is 1. The molecule has 1 heterocycles. The highest BCUT2D eigenvalue weighted by Gasteiger charge is 2.37. The number of carbonyl (C=O) groups excluding carboxylic acids is 1. The topological polar surface area (TPSA) is 32.3 Å². The van der Waals surface area contributed by atoms with Gasteiger partial charge in [-0.15, -0.1) is 0 Å². The van der Waals surface area contributed by atoms with Crippen LogP contribution in [0.5, 0.6) is 0 Å². The quantitative estimate of drug-likeness (QED) is 0.876. The second-order valence-corrected chi connectivity index (χ2v) is 6.51. The molecule has 1 saturated carbocycles. The van der Waals surface area contributed by atoms with Crippen LogP contribution in [0.4, 0.5) is 10.5 Å². The zero-order valence-electron chi connectivity index (χ0n) is 12.1. The Labute approximate surface area is 134 Å². The lowest BCUT2D eigenvalue weighted by molar-refractivity contribution is 0.191. The Morgan fingerprint density at radius 1 is 1.14 bits per heavy atom. The van der Waals surface area contributed by atoms with E-state index in [1.54, 1.807) is 0 Å². The second kappa shape index (κ2) is 5.33. The van der Waals surface area contributed by atoms with Gasteiger partial charge in [-0.1, -0.05) is 41.9 Å². The fourth-order valence-corrected chi connectivity index (χ4v) is 3.29. The van der Waals surface area contributed by atoms with Gasteiger partial charge in [0.15, 0.2) is 0 Å². The minimum absolute atomic E-state index is 0.0180. The van der Waals surface area contributed by atoms with Gasteiger partial charge in [0.25, 0.3) is 0 Å². The van der Waals surface area contributed by atoms with Crippen LogP contribution >= 0.6 is 11.6 Å². The summed E-state index contributed by atoms with van der Waals surface area (Å²) in [6, 6.07) is 15.8. The number of rotatable bonds is 3. The number of nitrogens with one attached hydrogen (secondary N) is 1. The van der Waals surface area contributed by atoms with Crippen molar-refractivity contribution in [2.75, 3.05) is 11.9 Å². The van der Waals surface area contributed by atoms with Gasteiger partial charge in [-0.2, -0.15) is 0 Å². The molecule has 1 atom stereocenters. The first-order chi connectivity index (χ1) is 10.7. The summed E-state index contributed by atoms with van der Waals surface area (Å²) in [5.41, 5.74) is 3.05. The van der Waals surface area contributed by atoms with Crippen molar-refractivity contribution in [3.05, 3.63) is 64.7 Å². The Bertz CT molecular complexity index is 712. The van der Waals surface area contributed by atoms with Crippen LogP contribution in [-0.4, -0.2) is 17.5 Å². The summed E-state index contributed by atoms with van der Waals surface area (Å²) in [5, 5.41) is 3.69. The minimum atomic E-state index is -0.0655. The van der Waals surface area contributed by atoms with Gasteiger partial charge in [0.2, 0.25) is 0 Å². The molecule has 1 fully saturated rings. The summed E-state index contributed by atoms with van der Waals surface area (Å²) < 4.78 is 0. The molecule has 0 radical (unpaired) electrons. The highest BCUT2D eigenvalue weighted by Crippen LogP contribution is 2.41. The van der Waals surface area contributed by atoms with Crippen LogP contribution in [0, 0.1) is 5.92 Å². The smallest absolute Gasteiger partial charge is 0.313 e. The van der Waals surface area contributed by atoms with E-state index in [1.807, 2.05) is 41.3 Å². The number of halogens is 1. The first kappa shape index (κ1) is 13.6. The van der Waals surface area contributed by atoms with Gasteiger partial charge in [-0.25, -0.2) is 4.79 Å². The van der Waals surface area contributed by atoms with Crippen LogP contribution in [0.2, 0.25) is 5.02 Å². The number of hydrogen-bond donors (Lipinski definition) is 1. The maximum atomic E-state index is 12.6. The molecular formula is C18H17ClN2O. The van der Waals surface area contributed by atoms with Crippen molar-refractivity contribution in [3.63, 3.8) is 0 Å². The molecule has 0 saturated heterocycles. The third-order valence-corrected chi connectivity index (χ3v) is 4.62. The van der Waals surface area contributed by atoms with Crippen LogP contribution in [0.15, 0.2) is 48.5 Å². The molecule has 22 heavy (non-hydrogen) atoms. The Morgan fingerprint density at radius 2 is 1.91 bits per heavy atom. The largest absolute Gasteiger partial charge is 0.322 e. The Balaban J connectivity index is 1.83. The van der Waals surface area contributed by atoms with Gasteiger partial charge in [-0.05, 0) is 42.5 Å². The molecule has 4 heteroatoms. The third-order valence-electron chi connectivity index (χ3n) is 4.39. The number of urea groups is 1. The van der Waals surface area contributed by atoms with Crippen molar-refractivity contribution in [2.45, 2.75) is 18.9 Å². The van der Waals surface area contributed by atoms with E-state index in [9.17, 15) is 4.79 Å². The fraction of sp³-hybridized carbons (Fsp3) is 0.278. The molecule has 1 N–H and O–H groups in total. The van der Waals surface area contributed by atoms with Crippen LogP contribution in [0.1, 0.15) is 30.0 Å².